The predicted octanol–water partition coefficient (Wildman–Crippen LogP) is 3.33. The molecule has 1 aliphatic heterocycles. The molecule has 0 aromatic carbocycles. The highest BCUT2D eigenvalue weighted by molar-refractivity contribution is 7.99. The maximum absolute atomic E-state index is 4.37. The van der Waals surface area contributed by atoms with Gasteiger partial charge in [-0.3, -0.25) is 0 Å². The van der Waals surface area contributed by atoms with Crippen LogP contribution in [0.15, 0.2) is 11.6 Å². The molecule has 1 aliphatic rings. The molecule has 16 heavy (non-hydrogen) atoms. The lowest BCUT2D eigenvalue weighted by atomic mass is 9.87. The highest BCUT2D eigenvalue weighted by Gasteiger charge is 2.29. The highest BCUT2D eigenvalue weighted by Crippen LogP contribution is 2.34. The molecule has 2 nitrogen and oxygen atoms in total. The zero-order chi connectivity index (χ0) is 11.6. The van der Waals surface area contributed by atoms with Crippen LogP contribution in [0.5, 0.6) is 0 Å². The summed E-state index contributed by atoms with van der Waals surface area (Å²) in [5.41, 5.74) is 0.475. The summed E-state index contributed by atoms with van der Waals surface area (Å²) in [6.45, 7) is 6.94. The molecule has 2 unspecified atom stereocenters. The molecule has 2 rings (SSSR count). The number of hydrogen-bond acceptors (Lipinski definition) is 4. The Morgan fingerprint density at radius 2 is 2.38 bits per heavy atom. The van der Waals surface area contributed by atoms with E-state index in [1.165, 1.54) is 22.9 Å². The van der Waals surface area contributed by atoms with Crippen molar-refractivity contribution in [3.05, 3.63) is 16.6 Å². The fraction of sp³-hybridized carbons (Fsp3) is 0.750. The smallest absolute Gasteiger partial charge is 0.109 e. The second-order valence-corrected chi connectivity index (χ2v) is 7.30. The van der Waals surface area contributed by atoms with Crippen molar-refractivity contribution in [1.82, 2.24) is 10.3 Å². The topological polar surface area (TPSA) is 24.9 Å². The van der Waals surface area contributed by atoms with Crippen LogP contribution in [0, 0.1) is 5.41 Å². The van der Waals surface area contributed by atoms with Crippen molar-refractivity contribution >= 4 is 23.1 Å². The van der Waals surface area contributed by atoms with Crippen LogP contribution < -0.4 is 5.32 Å². The Bertz CT molecular complexity index is 322. The van der Waals surface area contributed by atoms with Crippen LogP contribution in [-0.2, 0) is 0 Å². The average Bonchev–Trinajstić information content (AvgIpc) is 2.68. The van der Waals surface area contributed by atoms with Crippen LogP contribution in [0.2, 0.25) is 0 Å². The lowest BCUT2D eigenvalue weighted by Gasteiger charge is -2.36. The van der Waals surface area contributed by atoms with Gasteiger partial charge in [0.25, 0.3) is 0 Å². The highest BCUT2D eigenvalue weighted by atomic mass is 32.2. The fourth-order valence-corrected chi connectivity index (χ4v) is 4.18. The van der Waals surface area contributed by atoms with E-state index in [1.54, 1.807) is 11.3 Å². The van der Waals surface area contributed by atoms with Gasteiger partial charge < -0.3 is 5.32 Å². The maximum Gasteiger partial charge on any atom is 0.109 e. The van der Waals surface area contributed by atoms with E-state index in [0.29, 0.717) is 17.5 Å². The fourth-order valence-electron chi connectivity index (χ4n) is 2.24. The van der Waals surface area contributed by atoms with Crippen LogP contribution >= 0.6 is 23.1 Å². The Labute approximate surface area is 106 Å². The van der Waals surface area contributed by atoms with Gasteiger partial charge in [0.05, 0.1) is 6.04 Å². The SMILES string of the molecule is CC(NC1CSCC(C)(C)C1)c1nccs1. The molecule has 1 N–H and O–H groups in total. The molecule has 1 fully saturated rings. The molecule has 0 radical (unpaired) electrons. The van der Waals surface area contributed by atoms with Crippen molar-refractivity contribution in [2.24, 2.45) is 5.41 Å². The van der Waals surface area contributed by atoms with Gasteiger partial charge >= 0.3 is 0 Å². The minimum atomic E-state index is 0.388. The molecule has 0 aliphatic carbocycles. The van der Waals surface area contributed by atoms with Gasteiger partial charge in [0, 0.05) is 23.4 Å². The largest absolute Gasteiger partial charge is 0.305 e. The standard InChI is InChI=1S/C12H20N2S2/c1-9(11-13-4-5-16-11)14-10-6-12(2,3)8-15-7-10/h4-5,9-10,14H,6-8H2,1-3H3. The van der Waals surface area contributed by atoms with Crippen molar-refractivity contribution in [2.75, 3.05) is 11.5 Å². The molecule has 1 saturated heterocycles. The maximum atomic E-state index is 4.37. The van der Waals surface area contributed by atoms with Crippen LogP contribution in [0.4, 0.5) is 0 Å². The van der Waals surface area contributed by atoms with Gasteiger partial charge in [-0.15, -0.1) is 11.3 Å². The van der Waals surface area contributed by atoms with Crippen LogP contribution in [0.1, 0.15) is 38.2 Å². The first-order chi connectivity index (χ1) is 7.57. The first kappa shape index (κ1) is 12.4. The first-order valence-electron chi connectivity index (χ1n) is 5.80. The van der Waals surface area contributed by atoms with Crippen molar-refractivity contribution in [2.45, 2.75) is 39.3 Å². The minimum absolute atomic E-state index is 0.388. The normalized spacial score (nSPS) is 26.6. The Balaban J connectivity index is 1.90. The van der Waals surface area contributed by atoms with Crippen molar-refractivity contribution < 1.29 is 0 Å². The molecule has 90 valence electrons. The van der Waals surface area contributed by atoms with Gasteiger partial charge in [-0.25, -0.2) is 4.98 Å². The minimum Gasteiger partial charge on any atom is -0.305 e. The van der Waals surface area contributed by atoms with Crippen LogP contribution in [0.25, 0.3) is 0 Å². The van der Waals surface area contributed by atoms with E-state index in [-0.39, 0.29) is 0 Å². The van der Waals surface area contributed by atoms with Crippen LogP contribution in [-0.4, -0.2) is 22.5 Å². The number of hydrogen-bond donors (Lipinski definition) is 1. The van der Waals surface area contributed by atoms with Gasteiger partial charge in [0.1, 0.15) is 5.01 Å². The molecule has 0 bridgehead atoms. The quantitative estimate of drug-likeness (QED) is 0.898. The summed E-state index contributed by atoms with van der Waals surface area (Å²) in [4.78, 5) is 4.37. The molecule has 1 aromatic heterocycles. The second kappa shape index (κ2) is 5.07. The molecular weight excluding hydrogens is 236 g/mol. The van der Waals surface area contributed by atoms with Gasteiger partial charge in [-0.05, 0) is 24.5 Å². The number of aromatic nitrogens is 1. The molecule has 2 heterocycles. The third-order valence-corrected chi connectivity index (χ3v) is 5.50. The van der Waals surface area contributed by atoms with E-state index in [2.05, 4.69) is 42.8 Å². The summed E-state index contributed by atoms with van der Waals surface area (Å²) < 4.78 is 0. The van der Waals surface area contributed by atoms with Gasteiger partial charge in [-0.1, -0.05) is 13.8 Å². The zero-order valence-corrected chi connectivity index (χ0v) is 11.8. The Kier molecular flexibility index (Phi) is 3.93. The number of thioether (sulfide) groups is 1. The van der Waals surface area contributed by atoms with Gasteiger partial charge in [-0.2, -0.15) is 11.8 Å². The third kappa shape index (κ3) is 3.22. The second-order valence-electron chi connectivity index (χ2n) is 5.34. The van der Waals surface area contributed by atoms with Crippen molar-refractivity contribution in [3.8, 4) is 0 Å². The molecule has 0 spiro atoms. The van der Waals surface area contributed by atoms with E-state index in [0.717, 1.165) is 0 Å². The number of nitrogens with zero attached hydrogens (tertiary/aromatic N) is 1. The van der Waals surface area contributed by atoms with Gasteiger partial charge in [0.15, 0.2) is 0 Å². The Morgan fingerprint density at radius 1 is 1.56 bits per heavy atom. The lowest BCUT2D eigenvalue weighted by Crippen LogP contribution is -2.41. The Hall–Kier alpha value is -0.0600. The number of thiazole rings is 1. The summed E-state index contributed by atoms with van der Waals surface area (Å²) in [5, 5.41) is 6.95. The van der Waals surface area contributed by atoms with Crippen molar-refractivity contribution in [3.63, 3.8) is 0 Å². The summed E-state index contributed by atoms with van der Waals surface area (Å²) in [5.74, 6) is 2.52. The summed E-state index contributed by atoms with van der Waals surface area (Å²) in [6.07, 6.45) is 3.16. The molecule has 1 aromatic rings. The van der Waals surface area contributed by atoms with Crippen molar-refractivity contribution in [1.29, 1.82) is 0 Å². The van der Waals surface area contributed by atoms with E-state index in [4.69, 9.17) is 0 Å². The van der Waals surface area contributed by atoms with E-state index in [9.17, 15) is 0 Å². The first-order valence-corrected chi connectivity index (χ1v) is 7.83. The predicted molar refractivity (Wildman–Crippen MR) is 73.2 cm³/mol. The lowest BCUT2D eigenvalue weighted by molar-refractivity contribution is 0.305. The molecular formula is C12H20N2S2. The molecule has 0 amide bonds. The van der Waals surface area contributed by atoms with Crippen LogP contribution in [0.3, 0.4) is 0 Å². The summed E-state index contributed by atoms with van der Waals surface area (Å²) in [7, 11) is 0. The monoisotopic (exact) mass is 256 g/mol. The van der Waals surface area contributed by atoms with E-state index < -0.39 is 0 Å². The number of rotatable bonds is 3. The van der Waals surface area contributed by atoms with E-state index >= 15 is 0 Å². The molecule has 0 saturated carbocycles. The molecule has 4 heteroatoms. The zero-order valence-electron chi connectivity index (χ0n) is 10.2. The van der Waals surface area contributed by atoms with Gasteiger partial charge in [0.2, 0.25) is 0 Å². The summed E-state index contributed by atoms with van der Waals surface area (Å²) in [6, 6.07) is 1.02. The Morgan fingerprint density at radius 3 is 3.00 bits per heavy atom. The molecule has 2 atom stereocenters. The number of nitrogens with one attached hydrogen (secondary N) is 1. The summed E-state index contributed by atoms with van der Waals surface area (Å²) >= 11 is 3.81. The average molecular weight is 256 g/mol. The van der Waals surface area contributed by atoms with E-state index in [1.807, 2.05) is 11.6 Å². The third-order valence-electron chi connectivity index (χ3n) is 2.92.